The normalized spacial score (nSPS) is 10.6. The van der Waals surface area contributed by atoms with Crippen LogP contribution in [0.3, 0.4) is 0 Å². The van der Waals surface area contributed by atoms with Gasteiger partial charge in [0, 0.05) is 22.8 Å². The summed E-state index contributed by atoms with van der Waals surface area (Å²) < 4.78 is 0. The molecule has 2 rings (SSSR count). The van der Waals surface area contributed by atoms with E-state index in [-0.39, 0.29) is 5.91 Å². The minimum Gasteiger partial charge on any atom is -0.352 e. The van der Waals surface area contributed by atoms with Gasteiger partial charge < -0.3 is 5.32 Å². The number of hydrogen-bond donors (Lipinski definition) is 2. The van der Waals surface area contributed by atoms with Gasteiger partial charge in [0.15, 0.2) is 0 Å². The van der Waals surface area contributed by atoms with E-state index in [1.807, 2.05) is 26.1 Å². The van der Waals surface area contributed by atoms with Crippen molar-refractivity contribution in [1.82, 2.24) is 15.5 Å². The molecule has 0 radical (unpaired) electrons. The zero-order chi connectivity index (χ0) is 14.5. The summed E-state index contributed by atoms with van der Waals surface area (Å²) in [5.41, 5.74) is 3.84. The molecule has 0 spiro atoms. The fourth-order valence-electron chi connectivity index (χ4n) is 2.04. The Balaban J connectivity index is 1.83. The van der Waals surface area contributed by atoms with Crippen LogP contribution in [0.4, 0.5) is 0 Å². The lowest BCUT2D eigenvalue weighted by Crippen LogP contribution is -2.25. The Labute approximate surface area is 123 Å². The molecule has 0 bridgehead atoms. The number of hydrogen-bond acceptors (Lipinski definition) is 2. The van der Waals surface area contributed by atoms with Gasteiger partial charge in [-0.25, -0.2) is 0 Å². The Morgan fingerprint density at radius 1 is 1.40 bits per heavy atom. The molecule has 106 valence electrons. The molecular weight excluding hydrogens is 274 g/mol. The van der Waals surface area contributed by atoms with Gasteiger partial charge in [0.25, 0.3) is 5.91 Å². The second-order valence-electron chi connectivity index (χ2n) is 4.84. The van der Waals surface area contributed by atoms with Crippen molar-refractivity contribution in [3.63, 3.8) is 0 Å². The highest BCUT2D eigenvalue weighted by Gasteiger charge is 2.09. The van der Waals surface area contributed by atoms with E-state index in [0.29, 0.717) is 17.1 Å². The summed E-state index contributed by atoms with van der Waals surface area (Å²) in [7, 11) is 0. The van der Waals surface area contributed by atoms with Crippen molar-refractivity contribution in [3.05, 3.63) is 51.8 Å². The molecule has 0 aliphatic carbocycles. The Kier molecular flexibility index (Phi) is 4.79. The van der Waals surface area contributed by atoms with Crippen molar-refractivity contribution in [1.29, 1.82) is 0 Å². The van der Waals surface area contributed by atoms with Gasteiger partial charge in [-0.15, -0.1) is 0 Å². The Morgan fingerprint density at radius 3 is 2.90 bits per heavy atom. The fraction of sp³-hybridized carbons (Fsp3) is 0.333. The average molecular weight is 292 g/mol. The Bertz CT molecular complexity index is 607. The summed E-state index contributed by atoms with van der Waals surface area (Å²) in [4.78, 5) is 12.1. The second-order valence-corrected chi connectivity index (χ2v) is 5.28. The molecule has 4 nitrogen and oxygen atoms in total. The number of aromatic nitrogens is 2. The third-order valence-corrected chi connectivity index (χ3v) is 3.52. The van der Waals surface area contributed by atoms with Crippen LogP contribution < -0.4 is 5.32 Å². The van der Waals surface area contributed by atoms with Gasteiger partial charge in [-0.2, -0.15) is 5.10 Å². The summed E-state index contributed by atoms with van der Waals surface area (Å²) in [5.74, 6) is -0.0751. The third-order valence-electron chi connectivity index (χ3n) is 3.29. The number of nitrogens with one attached hydrogen (secondary N) is 2. The molecule has 0 atom stereocenters. The lowest BCUT2D eigenvalue weighted by Gasteiger charge is -2.08. The number of amides is 1. The van der Waals surface area contributed by atoms with E-state index in [9.17, 15) is 4.79 Å². The van der Waals surface area contributed by atoms with Crippen LogP contribution >= 0.6 is 11.6 Å². The van der Waals surface area contributed by atoms with E-state index in [1.165, 1.54) is 5.56 Å². The molecule has 2 N–H and O–H groups in total. The quantitative estimate of drug-likeness (QED) is 0.832. The van der Waals surface area contributed by atoms with E-state index >= 15 is 0 Å². The van der Waals surface area contributed by atoms with Crippen LogP contribution in [0.5, 0.6) is 0 Å². The van der Waals surface area contributed by atoms with Crippen LogP contribution in [0.2, 0.25) is 5.02 Å². The van der Waals surface area contributed by atoms with Crippen molar-refractivity contribution < 1.29 is 4.79 Å². The number of carbonyl (C=O) groups is 1. The maximum Gasteiger partial charge on any atom is 0.251 e. The fourth-order valence-corrected chi connectivity index (χ4v) is 2.21. The Hall–Kier alpha value is -1.81. The van der Waals surface area contributed by atoms with Crippen molar-refractivity contribution in [3.8, 4) is 0 Å². The summed E-state index contributed by atoms with van der Waals surface area (Å²) in [6, 6.07) is 5.34. The maximum atomic E-state index is 12.1. The SMILES string of the molecule is Cc1ccc(Cl)cc1C(=O)NCCCc1cn[nH]c1C. The molecular formula is C15H18ClN3O. The molecule has 1 aromatic heterocycles. The summed E-state index contributed by atoms with van der Waals surface area (Å²) in [6.45, 7) is 4.53. The van der Waals surface area contributed by atoms with Gasteiger partial charge in [-0.3, -0.25) is 9.89 Å². The van der Waals surface area contributed by atoms with Crippen LogP contribution in [0.25, 0.3) is 0 Å². The van der Waals surface area contributed by atoms with Gasteiger partial charge in [0.05, 0.1) is 6.20 Å². The van der Waals surface area contributed by atoms with E-state index in [0.717, 1.165) is 24.1 Å². The molecule has 1 amide bonds. The Morgan fingerprint density at radius 2 is 2.20 bits per heavy atom. The summed E-state index contributed by atoms with van der Waals surface area (Å²) in [6.07, 6.45) is 3.61. The van der Waals surface area contributed by atoms with Crippen LogP contribution in [0.15, 0.2) is 24.4 Å². The first-order valence-corrected chi connectivity index (χ1v) is 6.99. The van der Waals surface area contributed by atoms with Crippen LogP contribution in [-0.2, 0) is 6.42 Å². The number of carbonyl (C=O) groups excluding carboxylic acids is 1. The monoisotopic (exact) mass is 291 g/mol. The molecule has 1 heterocycles. The van der Waals surface area contributed by atoms with Gasteiger partial charge in [0.2, 0.25) is 0 Å². The number of aromatic amines is 1. The van der Waals surface area contributed by atoms with Crippen LogP contribution in [0, 0.1) is 13.8 Å². The van der Waals surface area contributed by atoms with Gasteiger partial charge >= 0.3 is 0 Å². The first-order chi connectivity index (χ1) is 9.58. The third kappa shape index (κ3) is 3.61. The molecule has 2 aromatic rings. The molecule has 1 aromatic carbocycles. The zero-order valence-corrected chi connectivity index (χ0v) is 12.4. The summed E-state index contributed by atoms with van der Waals surface area (Å²) in [5, 5.41) is 10.4. The number of aryl methyl sites for hydroxylation is 3. The van der Waals surface area contributed by atoms with Crippen LogP contribution in [0.1, 0.15) is 33.6 Å². The highest BCUT2D eigenvalue weighted by Crippen LogP contribution is 2.15. The first kappa shape index (κ1) is 14.6. The number of rotatable bonds is 5. The van der Waals surface area contributed by atoms with Gasteiger partial charge in [-0.05, 0) is 49.9 Å². The molecule has 0 aliphatic rings. The predicted octanol–water partition coefficient (Wildman–Crippen LogP) is 3.04. The molecule has 0 saturated heterocycles. The molecule has 0 unspecified atom stereocenters. The molecule has 5 heteroatoms. The van der Waals surface area contributed by atoms with Gasteiger partial charge in [0.1, 0.15) is 0 Å². The largest absolute Gasteiger partial charge is 0.352 e. The number of H-pyrrole nitrogens is 1. The number of benzene rings is 1. The zero-order valence-electron chi connectivity index (χ0n) is 11.7. The molecule has 0 saturated carbocycles. The summed E-state index contributed by atoms with van der Waals surface area (Å²) >= 11 is 5.92. The molecule has 0 aliphatic heterocycles. The minimum absolute atomic E-state index is 0.0751. The highest BCUT2D eigenvalue weighted by atomic mass is 35.5. The average Bonchev–Trinajstić information content (AvgIpc) is 2.83. The topological polar surface area (TPSA) is 57.8 Å². The van der Waals surface area contributed by atoms with E-state index in [1.54, 1.807) is 12.1 Å². The standard InChI is InChI=1S/C15H18ClN3O/c1-10-5-6-13(16)8-14(10)15(20)17-7-3-4-12-9-18-19-11(12)2/h5-6,8-9H,3-4,7H2,1-2H3,(H,17,20)(H,18,19). The maximum absolute atomic E-state index is 12.1. The van der Waals surface area contributed by atoms with Crippen molar-refractivity contribution in [2.75, 3.05) is 6.54 Å². The predicted molar refractivity (Wildman–Crippen MR) is 80.2 cm³/mol. The second kappa shape index (κ2) is 6.57. The number of halogens is 1. The number of nitrogens with zero attached hydrogens (tertiary/aromatic N) is 1. The minimum atomic E-state index is -0.0751. The van der Waals surface area contributed by atoms with Gasteiger partial charge in [-0.1, -0.05) is 17.7 Å². The smallest absolute Gasteiger partial charge is 0.251 e. The molecule has 20 heavy (non-hydrogen) atoms. The van der Waals surface area contributed by atoms with E-state index < -0.39 is 0 Å². The van der Waals surface area contributed by atoms with Crippen molar-refractivity contribution in [2.24, 2.45) is 0 Å². The van der Waals surface area contributed by atoms with Crippen molar-refractivity contribution >= 4 is 17.5 Å². The molecule has 0 fully saturated rings. The lowest BCUT2D eigenvalue weighted by atomic mass is 10.1. The van der Waals surface area contributed by atoms with Crippen LogP contribution in [-0.4, -0.2) is 22.6 Å². The highest BCUT2D eigenvalue weighted by molar-refractivity contribution is 6.31. The first-order valence-electron chi connectivity index (χ1n) is 6.61. The lowest BCUT2D eigenvalue weighted by molar-refractivity contribution is 0.0952. The van der Waals surface area contributed by atoms with E-state index in [4.69, 9.17) is 11.6 Å². The van der Waals surface area contributed by atoms with Crippen molar-refractivity contribution in [2.45, 2.75) is 26.7 Å². The van der Waals surface area contributed by atoms with E-state index in [2.05, 4.69) is 15.5 Å².